The molecule has 0 aromatic heterocycles. The minimum Gasteiger partial charge on any atom is -0.390 e. The first-order valence-corrected chi connectivity index (χ1v) is 23.7. The Hall–Kier alpha value is -6.17. The van der Waals surface area contributed by atoms with Crippen LogP contribution in [0.15, 0.2) is 12.2 Å². The van der Waals surface area contributed by atoms with Crippen LogP contribution in [0.5, 0.6) is 0 Å². The van der Waals surface area contributed by atoms with E-state index in [0.29, 0.717) is 4.90 Å². The molecule has 0 radical (unpaired) electrons. The van der Waals surface area contributed by atoms with Crippen LogP contribution in [0.25, 0.3) is 0 Å². The van der Waals surface area contributed by atoms with Crippen molar-refractivity contribution in [3.8, 4) is 0 Å². The van der Waals surface area contributed by atoms with E-state index in [-0.39, 0.29) is 25.2 Å². The van der Waals surface area contributed by atoms with E-state index in [1.807, 2.05) is 10.6 Å². The molecule has 402 valence electrons. The maximum Gasteiger partial charge on any atom is 0.333 e. The number of nitrogens with one attached hydrogen (secondary N) is 4. The lowest BCUT2D eigenvalue weighted by Gasteiger charge is -2.40. The molecule has 1 fully saturated rings. The second-order valence-electron chi connectivity index (χ2n) is 19.8. The van der Waals surface area contributed by atoms with Crippen LogP contribution in [0.3, 0.4) is 0 Å². The van der Waals surface area contributed by atoms with Crippen molar-refractivity contribution < 1.29 is 63.0 Å². The molecule has 0 aromatic rings. The quantitative estimate of drug-likeness (QED) is 0.166. The number of imide groups is 4. The Bertz CT molecular complexity index is 2010. The zero-order valence-corrected chi connectivity index (χ0v) is 44.8. The van der Waals surface area contributed by atoms with Gasteiger partial charge in [0.1, 0.15) is 42.3 Å². The molecule has 6 N–H and O–H groups in total. The summed E-state index contributed by atoms with van der Waals surface area (Å²) in [6, 6.07) is -14.9. The van der Waals surface area contributed by atoms with Gasteiger partial charge in [-0.2, -0.15) is 0 Å². The van der Waals surface area contributed by atoms with Gasteiger partial charge >= 0.3 is 24.1 Å². The van der Waals surface area contributed by atoms with Crippen LogP contribution in [0, 0.1) is 17.8 Å². The van der Waals surface area contributed by atoms with Crippen molar-refractivity contribution in [2.75, 3.05) is 49.3 Å². The molecule has 1 heterocycles. The van der Waals surface area contributed by atoms with E-state index in [4.69, 9.17) is 0 Å². The summed E-state index contributed by atoms with van der Waals surface area (Å²) < 4.78 is 0. The second kappa shape index (κ2) is 26.9. The molecule has 1 rings (SSSR count). The van der Waals surface area contributed by atoms with Gasteiger partial charge in [-0.05, 0) is 71.6 Å². The standard InChI is InChI=1S/C47H81N11O13/c1-19-21-22-27(7)35(59)34-37(61)49-30(20-2)40(64)52(12)29(9)39(63)54(14)32(24-47(10,11)71)36(60)50-44(68)58(18)45(69)51-43(67)48-28(8)38(62)53(13)31(23-25(3)4)41(65)57(17)46(70)56(16)33(26(5)6)42(66)55(34)15/h19,21,25-35,59,71H,20,22-24H2,1-18H3,(H,49,61)(H,50,60,68)(H2,48,51,67,69)/b21-19+/t27-,28+,29-,30+,31-,32+,33+,34+,35-/m1/s1. The Morgan fingerprint density at radius 3 is 1.66 bits per heavy atom. The number of allylic oxidation sites excluding steroid dienone is 2. The molecule has 1 saturated heterocycles. The van der Waals surface area contributed by atoms with Crippen LogP contribution < -0.4 is 21.3 Å². The number of carbonyl (C=O) groups excluding carboxylic acids is 11. The summed E-state index contributed by atoms with van der Waals surface area (Å²) in [5.74, 6) is -7.74. The van der Waals surface area contributed by atoms with Gasteiger partial charge in [0.25, 0.3) is 11.8 Å². The monoisotopic (exact) mass is 1010 g/mol. The van der Waals surface area contributed by atoms with Gasteiger partial charge in [-0.1, -0.05) is 53.7 Å². The molecule has 9 atom stereocenters. The molecule has 0 saturated carbocycles. The van der Waals surface area contributed by atoms with Gasteiger partial charge in [0, 0.05) is 55.8 Å². The van der Waals surface area contributed by atoms with Gasteiger partial charge in [0.15, 0.2) is 0 Å². The molecule has 0 bridgehead atoms. The number of rotatable bonds is 10. The van der Waals surface area contributed by atoms with Crippen molar-refractivity contribution in [2.45, 2.75) is 156 Å². The minimum atomic E-state index is -1.66. The predicted molar refractivity (Wildman–Crippen MR) is 261 cm³/mol. The van der Waals surface area contributed by atoms with E-state index in [0.717, 1.165) is 36.4 Å². The van der Waals surface area contributed by atoms with Gasteiger partial charge in [0.05, 0.1) is 11.7 Å². The lowest BCUT2D eigenvalue weighted by Crippen LogP contribution is -2.63. The molecule has 24 heteroatoms. The van der Waals surface area contributed by atoms with Gasteiger partial charge in [-0.3, -0.25) is 49.1 Å². The number of hydrogen-bond donors (Lipinski definition) is 6. The average molecular weight is 1010 g/mol. The molecule has 0 unspecified atom stereocenters. The molecule has 0 spiro atoms. The van der Waals surface area contributed by atoms with Crippen molar-refractivity contribution in [2.24, 2.45) is 17.8 Å². The Labute approximate surface area is 418 Å². The highest BCUT2D eigenvalue weighted by Crippen LogP contribution is 2.23. The summed E-state index contributed by atoms with van der Waals surface area (Å²) in [5.41, 5.74) is -1.62. The van der Waals surface area contributed by atoms with Crippen molar-refractivity contribution in [1.82, 2.24) is 55.6 Å². The van der Waals surface area contributed by atoms with E-state index in [2.05, 4.69) is 10.6 Å². The first-order chi connectivity index (χ1) is 32.6. The van der Waals surface area contributed by atoms with Gasteiger partial charge in [-0.15, -0.1) is 0 Å². The minimum absolute atomic E-state index is 0.0321. The van der Waals surface area contributed by atoms with E-state index in [1.54, 1.807) is 60.6 Å². The van der Waals surface area contributed by atoms with Crippen LogP contribution in [0.1, 0.15) is 102 Å². The normalized spacial score (nSPS) is 25.9. The van der Waals surface area contributed by atoms with E-state index in [1.165, 1.54) is 70.0 Å². The fraction of sp³-hybridized carbons (Fsp3) is 0.723. The van der Waals surface area contributed by atoms with Gasteiger partial charge in [0.2, 0.25) is 29.5 Å². The molecular formula is C47H81N11O13. The molecule has 24 nitrogen and oxygen atoms in total. The first-order valence-electron chi connectivity index (χ1n) is 23.7. The van der Waals surface area contributed by atoms with E-state index < -0.39 is 138 Å². The summed E-state index contributed by atoms with van der Waals surface area (Å²) >= 11 is 0. The molecule has 0 aromatic carbocycles. The zero-order chi connectivity index (χ0) is 55.3. The number of likely N-dealkylation sites (N-methyl/N-ethyl adjacent to an activating group) is 6. The maximum absolute atomic E-state index is 14.7. The summed E-state index contributed by atoms with van der Waals surface area (Å²) in [6.45, 7) is 17.1. The summed E-state index contributed by atoms with van der Waals surface area (Å²) in [6.07, 6.45) is 1.78. The Balaban J connectivity index is 4.12. The topological polar surface area (TPSA) is 299 Å². The third-order valence-electron chi connectivity index (χ3n) is 12.6. The molecule has 1 aliphatic rings. The molecule has 0 aliphatic carbocycles. The fourth-order valence-corrected chi connectivity index (χ4v) is 7.97. The number of urea groups is 4. The Morgan fingerprint density at radius 2 is 1.17 bits per heavy atom. The highest BCUT2D eigenvalue weighted by Gasteiger charge is 2.45. The van der Waals surface area contributed by atoms with Crippen LogP contribution in [0.4, 0.5) is 19.2 Å². The summed E-state index contributed by atoms with van der Waals surface area (Å²) in [4.78, 5) is 159. The van der Waals surface area contributed by atoms with Crippen LogP contribution in [-0.4, -0.2) is 213 Å². The number of carbonyl (C=O) groups is 11. The van der Waals surface area contributed by atoms with Crippen molar-refractivity contribution >= 4 is 65.5 Å². The smallest absolute Gasteiger partial charge is 0.333 e. The molecule has 1 aliphatic heterocycles. The van der Waals surface area contributed by atoms with Crippen LogP contribution in [-0.2, 0) is 33.6 Å². The average Bonchev–Trinajstić information content (AvgIpc) is 3.29. The summed E-state index contributed by atoms with van der Waals surface area (Å²) in [5, 5.41) is 31.4. The largest absolute Gasteiger partial charge is 0.390 e. The fourth-order valence-electron chi connectivity index (χ4n) is 7.97. The predicted octanol–water partition coefficient (Wildman–Crippen LogP) is 0.904. The second-order valence-corrected chi connectivity index (χ2v) is 19.8. The SMILES string of the molecule is C/C=C/C[C@@H](C)[C@@H](O)[C@H]1C(=O)N[C@@H](CC)C(=O)N(C)[C@H](C)C(=O)N(C)[C@@H](CC(C)(C)O)C(=O)NC(=O)N(C)C(=O)NC(=O)N[C@@H](C)C(=O)N(C)[C@H](CC(C)C)C(=O)N(C)C(=O)N(C)[C@@H](C(C)C)C(=O)N1C. The molecule has 71 heavy (non-hydrogen) atoms. The van der Waals surface area contributed by atoms with Gasteiger partial charge in [-0.25, -0.2) is 24.1 Å². The van der Waals surface area contributed by atoms with E-state index in [9.17, 15) is 63.0 Å². The van der Waals surface area contributed by atoms with Crippen molar-refractivity contribution in [3.63, 3.8) is 0 Å². The lowest BCUT2D eigenvalue weighted by molar-refractivity contribution is -0.151. The zero-order valence-electron chi connectivity index (χ0n) is 44.8. The third-order valence-corrected chi connectivity index (χ3v) is 12.6. The van der Waals surface area contributed by atoms with E-state index >= 15 is 0 Å². The number of amides is 15. The van der Waals surface area contributed by atoms with Crippen molar-refractivity contribution in [1.29, 1.82) is 0 Å². The maximum atomic E-state index is 14.7. The summed E-state index contributed by atoms with van der Waals surface area (Å²) in [7, 11) is 8.39. The Kier molecular flexibility index (Phi) is 23.8. The lowest BCUT2D eigenvalue weighted by atomic mass is 9.91. The molecule has 15 amide bonds. The Morgan fingerprint density at radius 1 is 0.634 bits per heavy atom. The molecular weight excluding hydrogens is 927 g/mol. The van der Waals surface area contributed by atoms with Crippen molar-refractivity contribution in [3.05, 3.63) is 12.2 Å². The van der Waals surface area contributed by atoms with Gasteiger partial charge < -0.3 is 45.3 Å². The van der Waals surface area contributed by atoms with Crippen LogP contribution >= 0.6 is 0 Å². The highest BCUT2D eigenvalue weighted by molar-refractivity contribution is 6.07. The number of aliphatic hydroxyl groups excluding tert-OH is 1. The number of nitrogens with zero attached hydrogens (tertiary/aromatic N) is 7. The first kappa shape index (κ1) is 62.8. The van der Waals surface area contributed by atoms with Crippen LogP contribution in [0.2, 0.25) is 0 Å². The number of aliphatic hydroxyl groups is 2. The highest BCUT2D eigenvalue weighted by atomic mass is 16.3. The third kappa shape index (κ3) is 16.7. The number of hydrogen-bond acceptors (Lipinski definition) is 13.